The third-order valence-corrected chi connectivity index (χ3v) is 6.85. The highest BCUT2D eigenvalue weighted by atomic mass is 15.0. The van der Waals surface area contributed by atoms with Gasteiger partial charge in [0.2, 0.25) is 0 Å². The SMILES string of the molecule is c1ccc2c(-c3ccc(-n4ccnc4)cc3)c3ccccc3c(-c3ccc(-n4ccnc4)cc3)c2c1. The van der Waals surface area contributed by atoms with Gasteiger partial charge in [0.1, 0.15) is 0 Å². The lowest BCUT2D eigenvalue weighted by molar-refractivity contribution is 1.06. The molecule has 4 heteroatoms. The molecule has 7 rings (SSSR count). The molecule has 0 aliphatic heterocycles. The zero-order chi connectivity index (χ0) is 23.9. The molecule has 0 bridgehead atoms. The quantitative estimate of drug-likeness (QED) is 0.251. The van der Waals surface area contributed by atoms with E-state index in [1.165, 1.54) is 43.8 Å². The Labute approximate surface area is 208 Å². The third kappa shape index (κ3) is 3.31. The minimum absolute atomic E-state index is 1.10. The first-order valence-electron chi connectivity index (χ1n) is 12.0. The molecule has 0 atom stereocenters. The van der Waals surface area contributed by atoms with Crippen LogP contribution >= 0.6 is 0 Å². The molecule has 0 radical (unpaired) electrons. The van der Waals surface area contributed by atoms with Crippen molar-refractivity contribution in [1.82, 2.24) is 19.1 Å². The summed E-state index contributed by atoms with van der Waals surface area (Å²) in [6.07, 6.45) is 11.2. The number of imidazole rings is 2. The van der Waals surface area contributed by atoms with E-state index in [2.05, 4.69) is 107 Å². The second kappa shape index (κ2) is 8.36. The summed E-state index contributed by atoms with van der Waals surface area (Å²) < 4.78 is 4.05. The van der Waals surface area contributed by atoms with Gasteiger partial charge in [-0.1, -0.05) is 72.8 Å². The molecule has 0 unspecified atom stereocenters. The summed E-state index contributed by atoms with van der Waals surface area (Å²) in [7, 11) is 0. The maximum Gasteiger partial charge on any atom is 0.0991 e. The van der Waals surface area contributed by atoms with Gasteiger partial charge < -0.3 is 9.13 Å². The van der Waals surface area contributed by atoms with E-state index in [1.807, 2.05) is 34.2 Å². The van der Waals surface area contributed by atoms with Gasteiger partial charge in [0, 0.05) is 36.2 Å². The lowest BCUT2D eigenvalue weighted by Gasteiger charge is -2.18. The minimum Gasteiger partial charge on any atom is -0.306 e. The van der Waals surface area contributed by atoms with Crippen molar-refractivity contribution in [2.75, 3.05) is 0 Å². The molecule has 2 aromatic heterocycles. The Bertz CT molecular complexity index is 1600. The maximum absolute atomic E-state index is 4.18. The van der Waals surface area contributed by atoms with Crippen molar-refractivity contribution in [2.45, 2.75) is 0 Å². The average Bonchev–Trinajstić information content (AvgIpc) is 3.67. The number of rotatable bonds is 4. The Morgan fingerprint density at radius 1 is 0.417 bits per heavy atom. The molecule has 0 aliphatic carbocycles. The van der Waals surface area contributed by atoms with Crippen LogP contribution in [0.2, 0.25) is 0 Å². The van der Waals surface area contributed by atoms with E-state index < -0.39 is 0 Å². The topological polar surface area (TPSA) is 35.6 Å². The number of hydrogen-bond acceptors (Lipinski definition) is 2. The van der Waals surface area contributed by atoms with Gasteiger partial charge >= 0.3 is 0 Å². The summed E-state index contributed by atoms with van der Waals surface area (Å²) in [5.41, 5.74) is 7.12. The van der Waals surface area contributed by atoms with E-state index >= 15 is 0 Å². The van der Waals surface area contributed by atoms with E-state index in [1.54, 1.807) is 12.4 Å². The first-order chi connectivity index (χ1) is 17.9. The number of nitrogens with zero attached hydrogens (tertiary/aromatic N) is 4. The van der Waals surface area contributed by atoms with Gasteiger partial charge in [-0.2, -0.15) is 0 Å². The van der Waals surface area contributed by atoms with Crippen LogP contribution in [0.25, 0.3) is 55.2 Å². The Morgan fingerprint density at radius 2 is 0.778 bits per heavy atom. The highest BCUT2D eigenvalue weighted by Gasteiger charge is 2.16. The summed E-state index contributed by atoms with van der Waals surface area (Å²) >= 11 is 0. The highest BCUT2D eigenvalue weighted by Crippen LogP contribution is 2.43. The van der Waals surface area contributed by atoms with Crippen molar-refractivity contribution in [1.29, 1.82) is 0 Å². The maximum atomic E-state index is 4.18. The molecule has 0 fully saturated rings. The van der Waals surface area contributed by atoms with Gasteiger partial charge in [-0.3, -0.25) is 0 Å². The Kier molecular flexibility index (Phi) is 4.74. The molecule has 2 heterocycles. The van der Waals surface area contributed by atoms with Gasteiger partial charge in [-0.05, 0) is 68.1 Å². The van der Waals surface area contributed by atoms with Gasteiger partial charge in [-0.15, -0.1) is 0 Å². The van der Waals surface area contributed by atoms with Crippen LogP contribution in [0.15, 0.2) is 135 Å². The van der Waals surface area contributed by atoms with Crippen molar-refractivity contribution in [2.24, 2.45) is 0 Å². The van der Waals surface area contributed by atoms with Crippen LogP contribution in [0.4, 0.5) is 0 Å². The molecular weight excluding hydrogens is 440 g/mol. The van der Waals surface area contributed by atoms with Crippen LogP contribution in [-0.4, -0.2) is 19.1 Å². The molecule has 4 nitrogen and oxygen atoms in total. The molecule has 170 valence electrons. The average molecular weight is 463 g/mol. The van der Waals surface area contributed by atoms with Crippen LogP contribution < -0.4 is 0 Å². The zero-order valence-corrected chi connectivity index (χ0v) is 19.5. The summed E-state index contributed by atoms with van der Waals surface area (Å²) in [5.74, 6) is 0. The summed E-state index contributed by atoms with van der Waals surface area (Å²) in [5, 5.41) is 5.00. The fourth-order valence-corrected chi connectivity index (χ4v) is 5.17. The van der Waals surface area contributed by atoms with Gasteiger partial charge in [0.25, 0.3) is 0 Å². The number of hydrogen-bond donors (Lipinski definition) is 0. The Hall–Kier alpha value is -4.96. The Balaban J connectivity index is 1.45. The van der Waals surface area contributed by atoms with Crippen LogP contribution in [0.1, 0.15) is 0 Å². The fraction of sp³-hybridized carbons (Fsp3) is 0. The summed E-state index contributed by atoms with van der Waals surface area (Å²) in [6, 6.07) is 35.0. The number of aromatic nitrogens is 4. The predicted octanol–water partition coefficient (Wildman–Crippen LogP) is 7.70. The predicted molar refractivity (Wildman–Crippen MR) is 147 cm³/mol. The third-order valence-electron chi connectivity index (χ3n) is 6.85. The van der Waals surface area contributed by atoms with E-state index in [9.17, 15) is 0 Å². The van der Waals surface area contributed by atoms with Gasteiger partial charge in [-0.25, -0.2) is 9.97 Å². The lowest BCUT2D eigenvalue weighted by atomic mass is 9.86. The first kappa shape index (κ1) is 20.4. The van der Waals surface area contributed by atoms with E-state index in [0.29, 0.717) is 0 Å². The zero-order valence-electron chi connectivity index (χ0n) is 19.5. The summed E-state index contributed by atoms with van der Waals surface area (Å²) in [6.45, 7) is 0. The lowest BCUT2D eigenvalue weighted by Crippen LogP contribution is -1.93. The number of benzene rings is 5. The van der Waals surface area contributed by atoms with Crippen molar-refractivity contribution < 1.29 is 0 Å². The van der Waals surface area contributed by atoms with Crippen molar-refractivity contribution in [3.63, 3.8) is 0 Å². The van der Waals surface area contributed by atoms with E-state index in [4.69, 9.17) is 0 Å². The molecule has 0 saturated carbocycles. The number of fused-ring (bicyclic) bond motifs is 2. The van der Waals surface area contributed by atoms with Crippen LogP contribution in [0.3, 0.4) is 0 Å². The van der Waals surface area contributed by atoms with Crippen molar-refractivity contribution in [3.05, 3.63) is 135 Å². The molecule has 0 amide bonds. The standard InChI is InChI=1S/C32H22N4/c1-2-6-28-27(5-1)31(23-9-13-25(14-10-23)35-19-17-33-21-35)29-7-3-4-8-30(29)32(28)24-11-15-26(16-12-24)36-20-18-34-22-36/h1-22H. The molecule has 7 aromatic rings. The minimum atomic E-state index is 1.10. The van der Waals surface area contributed by atoms with Gasteiger partial charge in [0.05, 0.1) is 12.7 Å². The molecule has 0 N–H and O–H groups in total. The molecule has 0 saturated heterocycles. The second-order valence-corrected chi connectivity index (χ2v) is 8.87. The summed E-state index contributed by atoms with van der Waals surface area (Å²) in [4.78, 5) is 8.36. The monoisotopic (exact) mass is 462 g/mol. The molecule has 36 heavy (non-hydrogen) atoms. The molecule has 0 aliphatic rings. The smallest absolute Gasteiger partial charge is 0.0991 e. The van der Waals surface area contributed by atoms with Crippen molar-refractivity contribution >= 4 is 21.5 Å². The largest absolute Gasteiger partial charge is 0.306 e. The van der Waals surface area contributed by atoms with Gasteiger partial charge in [0.15, 0.2) is 0 Å². The molecular formula is C32H22N4. The highest BCUT2D eigenvalue weighted by molar-refractivity contribution is 6.21. The molecule has 5 aromatic carbocycles. The molecule has 0 spiro atoms. The van der Waals surface area contributed by atoms with Crippen LogP contribution in [0, 0.1) is 0 Å². The van der Waals surface area contributed by atoms with Crippen molar-refractivity contribution in [3.8, 4) is 33.6 Å². The van der Waals surface area contributed by atoms with E-state index in [0.717, 1.165) is 11.4 Å². The Morgan fingerprint density at radius 3 is 1.08 bits per heavy atom. The first-order valence-corrected chi connectivity index (χ1v) is 12.0. The normalized spacial score (nSPS) is 11.3. The van der Waals surface area contributed by atoms with Crippen LogP contribution in [0.5, 0.6) is 0 Å². The fourth-order valence-electron chi connectivity index (χ4n) is 5.17. The van der Waals surface area contributed by atoms with Crippen LogP contribution in [-0.2, 0) is 0 Å². The second-order valence-electron chi connectivity index (χ2n) is 8.87. The van der Waals surface area contributed by atoms with E-state index in [-0.39, 0.29) is 0 Å².